The average Bonchev–Trinajstić information content (AvgIpc) is 2.66. The van der Waals surface area contributed by atoms with Gasteiger partial charge >= 0.3 is 5.97 Å². The maximum atomic E-state index is 12.5. The third-order valence-corrected chi connectivity index (χ3v) is 5.23. The molecule has 3 aromatic carbocycles. The summed E-state index contributed by atoms with van der Waals surface area (Å²) in [6, 6.07) is 16.9. The molecule has 0 saturated heterocycles. The number of nitrogens with two attached hydrogens (primary N) is 1. The minimum absolute atomic E-state index is 0.00159. The molecular formula is C21H15Cl2NO3. The van der Waals surface area contributed by atoms with Crippen molar-refractivity contribution in [2.24, 2.45) is 5.73 Å². The van der Waals surface area contributed by atoms with Crippen LogP contribution in [0.3, 0.4) is 0 Å². The molecular weight excluding hydrogens is 385 g/mol. The largest absolute Gasteiger partial charge is 0.465 e. The van der Waals surface area contributed by atoms with E-state index in [0.29, 0.717) is 21.4 Å². The van der Waals surface area contributed by atoms with Crippen LogP contribution in [0.2, 0.25) is 10.0 Å². The summed E-state index contributed by atoms with van der Waals surface area (Å²) >= 11 is 12.5. The van der Waals surface area contributed by atoms with E-state index in [4.69, 9.17) is 38.4 Å². The number of halogens is 2. The van der Waals surface area contributed by atoms with Crippen molar-refractivity contribution in [1.29, 1.82) is 0 Å². The lowest BCUT2D eigenvalue weighted by molar-refractivity contribution is -0.136. The summed E-state index contributed by atoms with van der Waals surface area (Å²) in [4.78, 5) is 12.5. The second-order valence-electron chi connectivity index (χ2n) is 6.18. The lowest BCUT2D eigenvalue weighted by atomic mass is 9.82. The van der Waals surface area contributed by atoms with Crippen LogP contribution < -0.4 is 10.5 Å². The molecule has 3 aromatic rings. The maximum Gasteiger partial charge on any atom is 0.340 e. The van der Waals surface area contributed by atoms with Gasteiger partial charge in [0.05, 0.1) is 13.0 Å². The molecule has 0 fully saturated rings. The number of fused-ring (bicyclic) bond motifs is 3. The topological polar surface area (TPSA) is 61.5 Å². The Labute approximate surface area is 166 Å². The highest BCUT2D eigenvalue weighted by Gasteiger charge is 2.37. The first-order valence-corrected chi connectivity index (χ1v) is 8.99. The number of carbonyl (C=O) groups excluding carboxylic acids is 1. The van der Waals surface area contributed by atoms with Crippen molar-refractivity contribution in [3.63, 3.8) is 0 Å². The molecule has 0 unspecified atom stereocenters. The molecule has 4 nitrogen and oxygen atoms in total. The summed E-state index contributed by atoms with van der Waals surface area (Å²) in [6.07, 6.45) is 0. The van der Waals surface area contributed by atoms with Crippen LogP contribution in [0, 0.1) is 0 Å². The van der Waals surface area contributed by atoms with Crippen LogP contribution in [0.15, 0.2) is 66.1 Å². The summed E-state index contributed by atoms with van der Waals surface area (Å²) in [5, 5.41) is 2.84. The molecule has 4 rings (SSSR count). The average molecular weight is 400 g/mol. The third-order valence-electron chi connectivity index (χ3n) is 4.67. The fourth-order valence-corrected chi connectivity index (χ4v) is 3.97. The molecule has 1 heterocycles. The van der Waals surface area contributed by atoms with Crippen LogP contribution in [-0.2, 0) is 9.53 Å². The van der Waals surface area contributed by atoms with E-state index in [-0.39, 0.29) is 11.5 Å². The summed E-state index contributed by atoms with van der Waals surface area (Å²) in [5.74, 6) is -0.492. The van der Waals surface area contributed by atoms with Gasteiger partial charge in [-0.15, -0.1) is 0 Å². The van der Waals surface area contributed by atoms with Crippen molar-refractivity contribution in [2.45, 2.75) is 5.92 Å². The molecule has 1 atom stereocenters. The van der Waals surface area contributed by atoms with E-state index in [9.17, 15) is 4.79 Å². The number of ether oxygens (including phenoxy) is 2. The summed E-state index contributed by atoms with van der Waals surface area (Å²) in [6.45, 7) is 0. The molecule has 1 aliphatic rings. The second-order valence-corrected chi connectivity index (χ2v) is 7.02. The van der Waals surface area contributed by atoms with Gasteiger partial charge in [0, 0.05) is 21.0 Å². The van der Waals surface area contributed by atoms with Crippen LogP contribution in [0.25, 0.3) is 10.8 Å². The second kappa shape index (κ2) is 6.80. The van der Waals surface area contributed by atoms with Crippen LogP contribution in [-0.4, -0.2) is 13.1 Å². The number of methoxy groups -OCH3 is 1. The normalized spacial score (nSPS) is 16.0. The van der Waals surface area contributed by atoms with Crippen LogP contribution in [0.5, 0.6) is 5.75 Å². The highest BCUT2D eigenvalue weighted by Crippen LogP contribution is 2.47. The summed E-state index contributed by atoms with van der Waals surface area (Å²) in [5.41, 5.74) is 7.85. The molecule has 0 spiro atoms. The Balaban J connectivity index is 2.03. The molecule has 0 saturated carbocycles. The highest BCUT2D eigenvalue weighted by atomic mass is 35.5. The zero-order valence-electron chi connectivity index (χ0n) is 14.3. The van der Waals surface area contributed by atoms with E-state index in [1.54, 1.807) is 18.2 Å². The van der Waals surface area contributed by atoms with Crippen molar-refractivity contribution < 1.29 is 14.3 Å². The lowest BCUT2D eigenvalue weighted by Gasteiger charge is -2.29. The molecule has 0 bridgehead atoms. The van der Waals surface area contributed by atoms with Gasteiger partial charge in [0.2, 0.25) is 5.88 Å². The smallest absolute Gasteiger partial charge is 0.340 e. The van der Waals surface area contributed by atoms with Crippen molar-refractivity contribution in [2.75, 3.05) is 7.11 Å². The minimum atomic E-state index is -0.567. The fourth-order valence-electron chi connectivity index (χ4n) is 3.45. The molecule has 0 aromatic heterocycles. The molecule has 136 valence electrons. The van der Waals surface area contributed by atoms with Gasteiger partial charge < -0.3 is 15.2 Å². The molecule has 0 aliphatic carbocycles. The highest BCUT2D eigenvalue weighted by molar-refractivity contribution is 6.35. The Morgan fingerprint density at radius 1 is 1.07 bits per heavy atom. The van der Waals surface area contributed by atoms with Crippen molar-refractivity contribution in [3.05, 3.63) is 87.2 Å². The van der Waals surface area contributed by atoms with Gasteiger partial charge in [-0.2, -0.15) is 0 Å². The lowest BCUT2D eigenvalue weighted by Crippen LogP contribution is -2.27. The Kier molecular flexibility index (Phi) is 4.46. The van der Waals surface area contributed by atoms with E-state index in [2.05, 4.69) is 0 Å². The van der Waals surface area contributed by atoms with E-state index < -0.39 is 11.9 Å². The predicted molar refractivity (Wildman–Crippen MR) is 106 cm³/mol. The monoisotopic (exact) mass is 399 g/mol. The first-order valence-electron chi connectivity index (χ1n) is 8.23. The van der Waals surface area contributed by atoms with E-state index >= 15 is 0 Å². The number of hydrogen-bond acceptors (Lipinski definition) is 4. The first-order chi connectivity index (χ1) is 13.0. The molecule has 0 amide bonds. The van der Waals surface area contributed by atoms with Gasteiger partial charge in [-0.25, -0.2) is 4.79 Å². The number of carbonyl (C=O) groups is 1. The minimum Gasteiger partial charge on any atom is -0.465 e. The zero-order valence-corrected chi connectivity index (χ0v) is 15.8. The van der Waals surface area contributed by atoms with E-state index in [0.717, 1.165) is 16.3 Å². The molecule has 27 heavy (non-hydrogen) atoms. The number of esters is 1. The molecule has 2 N–H and O–H groups in total. The third kappa shape index (κ3) is 2.91. The quantitative estimate of drug-likeness (QED) is 0.614. The van der Waals surface area contributed by atoms with Crippen LogP contribution >= 0.6 is 23.2 Å². The van der Waals surface area contributed by atoms with Crippen LogP contribution in [0.1, 0.15) is 17.0 Å². The Hall–Kier alpha value is -2.69. The molecule has 0 radical (unpaired) electrons. The van der Waals surface area contributed by atoms with Gasteiger partial charge in [-0.1, -0.05) is 65.7 Å². The number of hydrogen-bond donors (Lipinski definition) is 1. The Bertz CT molecular complexity index is 1110. The summed E-state index contributed by atoms with van der Waals surface area (Å²) in [7, 11) is 1.30. The fraction of sp³-hybridized carbons (Fsp3) is 0.0952. The van der Waals surface area contributed by atoms with Gasteiger partial charge in [0.15, 0.2) is 0 Å². The first kappa shape index (κ1) is 17.7. The van der Waals surface area contributed by atoms with Crippen LogP contribution in [0.4, 0.5) is 0 Å². The maximum absolute atomic E-state index is 12.5. The van der Waals surface area contributed by atoms with Gasteiger partial charge in [-0.3, -0.25) is 0 Å². The van der Waals surface area contributed by atoms with Gasteiger partial charge in [0.25, 0.3) is 0 Å². The number of benzene rings is 3. The predicted octanol–water partition coefficient (Wildman–Crippen LogP) is 5.01. The molecule has 6 heteroatoms. The van der Waals surface area contributed by atoms with Gasteiger partial charge in [-0.05, 0) is 23.1 Å². The van der Waals surface area contributed by atoms with Crippen molar-refractivity contribution >= 4 is 39.9 Å². The van der Waals surface area contributed by atoms with Crippen molar-refractivity contribution in [1.82, 2.24) is 0 Å². The van der Waals surface area contributed by atoms with E-state index in [1.165, 1.54) is 7.11 Å². The molecule has 1 aliphatic heterocycles. The zero-order chi connectivity index (χ0) is 19.1. The van der Waals surface area contributed by atoms with Gasteiger partial charge in [0.1, 0.15) is 11.3 Å². The van der Waals surface area contributed by atoms with Crippen molar-refractivity contribution in [3.8, 4) is 5.75 Å². The summed E-state index contributed by atoms with van der Waals surface area (Å²) < 4.78 is 10.8. The standard InChI is InChI=1S/C21H15Cl2NO3/c1-26-21(25)18-17(14-9-7-12(22)10-16(14)23)15-8-6-11-4-2-3-5-13(11)19(15)27-20(18)24/h2-10,17H,24H2,1H3/t17-/m1/s1. The Morgan fingerprint density at radius 2 is 1.81 bits per heavy atom. The van der Waals surface area contributed by atoms with E-state index in [1.807, 2.05) is 36.4 Å². The SMILES string of the molecule is COC(=O)C1=C(N)Oc2c(ccc3ccccc23)[C@H]1c1ccc(Cl)cc1Cl. The number of rotatable bonds is 2. The Morgan fingerprint density at radius 3 is 2.56 bits per heavy atom.